The lowest BCUT2D eigenvalue weighted by atomic mass is 9.63. The van der Waals surface area contributed by atoms with Gasteiger partial charge in [0.2, 0.25) is 11.8 Å². The molecule has 0 unspecified atom stereocenters. The van der Waals surface area contributed by atoms with E-state index >= 15 is 0 Å². The van der Waals surface area contributed by atoms with E-state index in [2.05, 4.69) is 5.32 Å². The first-order valence-corrected chi connectivity index (χ1v) is 10.5. The molecular weight excluding hydrogens is 340 g/mol. The number of rotatable bonds is 4. The van der Waals surface area contributed by atoms with Crippen LogP contribution < -0.4 is 5.32 Å². The standard InChI is InChI=1S/C18H24N2O4S/c1-14(16(21)20-10-12-25(23,24)13-11-20)19-17(22)18(8-5-9-18)15-6-3-2-4-7-15/h2-4,6-7,14H,5,8-13H2,1H3,(H,19,22)/t14-/m1/s1. The number of hydrogen-bond acceptors (Lipinski definition) is 4. The van der Waals surface area contributed by atoms with Crippen LogP contribution >= 0.6 is 0 Å². The molecule has 136 valence electrons. The number of nitrogens with one attached hydrogen (secondary N) is 1. The summed E-state index contributed by atoms with van der Waals surface area (Å²) >= 11 is 0. The summed E-state index contributed by atoms with van der Waals surface area (Å²) in [4.78, 5) is 26.9. The lowest BCUT2D eigenvalue weighted by Gasteiger charge is -2.41. The van der Waals surface area contributed by atoms with E-state index in [0.29, 0.717) is 0 Å². The first-order chi connectivity index (χ1) is 11.8. The zero-order valence-electron chi connectivity index (χ0n) is 14.4. The van der Waals surface area contributed by atoms with Gasteiger partial charge < -0.3 is 10.2 Å². The van der Waals surface area contributed by atoms with Gasteiger partial charge in [-0.15, -0.1) is 0 Å². The second-order valence-corrected chi connectivity index (χ2v) is 9.28. The fourth-order valence-electron chi connectivity index (χ4n) is 3.54. The Balaban J connectivity index is 1.65. The number of benzene rings is 1. The molecule has 1 aliphatic heterocycles. The Morgan fingerprint density at radius 2 is 1.72 bits per heavy atom. The van der Waals surface area contributed by atoms with Crippen LogP contribution in [0.5, 0.6) is 0 Å². The Bertz CT molecular complexity index is 743. The quantitative estimate of drug-likeness (QED) is 0.859. The van der Waals surface area contributed by atoms with Gasteiger partial charge in [0.1, 0.15) is 6.04 Å². The summed E-state index contributed by atoms with van der Waals surface area (Å²) in [6.07, 6.45) is 2.56. The number of carbonyl (C=O) groups excluding carboxylic acids is 2. The Hall–Kier alpha value is -1.89. The SMILES string of the molecule is C[C@@H](NC(=O)C1(c2ccccc2)CCC1)C(=O)N1CCS(=O)(=O)CC1. The van der Waals surface area contributed by atoms with Crippen molar-refractivity contribution in [3.63, 3.8) is 0 Å². The first kappa shape index (κ1) is 17.9. The van der Waals surface area contributed by atoms with E-state index < -0.39 is 21.3 Å². The predicted octanol–water partition coefficient (Wildman–Crippen LogP) is 0.870. The number of hydrogen-bond donors (Lipinski definition) is 1. The van der Waals surface area contributed by atoms with Crippen LogP contribution in [0.4, 0.5) is 0 Å². The zero-order chi connectivity index (χ0) is 18.1. The highest BCUT2D eigenvalue weighted by Gasteiger charge is 2.46. The summed E-state index contributed by atoms with van der Waals surface area (Å²) in [7, 11) is -3.03. The molecule has 1 saturated heterocycles. The average molecular weight is 364 g/mol. The van der Waals surface area contributed by atoms with Crippen molar-refractivity contribution >= 4 is 21.7 Å². The number of nitrogens with zero attached hydrogens (tertiary/aromatic N) is 1. The summed E-state index contributed by atoms with van der Waals surface area (Å²) in [6, 6.07) is 9.03. The van der Waals surface area contributed by atoms with Gasteiger partial charge in [0.25, 0.3) is 0 Å². The highest BCUT2D eigenvalue weighted by atomic mass is 32.2. The van der Waals surface area contributed by atoms with Crippen LogP contribution in [-0.2, 0) is 24.8 Å². The van der Waals surface area contributed by atoms with E-state index in [-0.39, 0.29) is 36.4 Å². The minimum Gasteiger partial charge on any atom is -0.344 e. The molecule has 1 aliphatic carbocycles. The molecule has 2 fully saturated rings. The third-order valence-corrected chi connectivity index (χ3v) is 6.95. The van der Waals surface area contributed by atoms with Gasteiger partial charge in [-0.2, -0.15) is 0 Å². The summed E-state index contributed by atoms with van der Waals surface area (Å²) in [5, 5.41) is 2.86. The molecule has 0 bridgehead atoms. The van der Waals surface area contributed by atoms with E-state index in [1.807, 2.05) is 30.3 Å². The van der Waals surface area contributed by atoms with E-state index in [9.17, 15) is 18.0 Å². The molecule has 1 saturated carbocycles. The molecule has 0 aromatic heterocycles. The van der Waals surface area contributed by atoms with Crippen molar-refractivity contribution in [3.05, 3.63) is 35.9 Å². The Morgan fingerprint density at radius 3 is 2.24 bits per heavy atom. The van der Waals surface area contributed by atoms with Crippen LogP contribution in [0.2, 0.25) is 0 Å². The molecule has 3 rings (SSSR count). The number of carbonyl (C=O) groups is 2. The molecule has 1 heterocycles. The van der Waals surface area contributed by atoms with E-state index in [1.54, 1.807) is 6.92 Å². The fraction of sp³-hybridized carbons (Fsp3) is 0.556. The topological polar surface area (TPSA) is 83.6 Å². The molecule has 6 nitrogen and oxygen atoms in total. The molecule has 7 heteroatoms. The molecular formula is C18H24N2O4S. The highest BCUT2D eigenvalue weighted by molar-refractivity contribution is 7.91. The maximum absolute atomic E-state index is 12.9. The maximum atomic E-state index is 12.9. The summed E-state index contributed by atoms with van der Waals surface area (Å²) in [5.41, 5.74) is 0.448. The van der Waals surface area contributed by atoms with Gasteiger partial charge in [0, 0.05) is 13.1 Å². The largest absolute Gasteiger partial charge is 0.344 e. The van der Waals surface area contributed by atoms with Crippen LogP contribution in [0.1, 0.15) is 31.7 Å². The smallest absolute Gasteiger partial charge is 0.244 e. The predicted molar refractivity (Wildman–Crippen MR) is 94.8 cm³/mol. The van der Waals surface area contributed by atoms with Gasteiger partial charge >= 0.3 is 0 Å². The van der Waals surface area contributed by atoms with Crippen molar-refractivity contribution < 1.29 is 18.0 Å². The van der Waals surface area contributed by atoms with Gasteiger partial charge in [0.15, 0.2) is 9.84 Å². The van der Waals surface area contributed by atoms with Crippen molar-refractivity contribution in [1.29, 1.82) is 0 Å². The third-order valence-electron chi connectivity index (χ3n) is 5.34. The molecule has 2 amide bonds. The normalized spacial score (nSPS) is 22.5. The minimum absolute atomic E-state index is 0.00659. The van der Waals surface area contributed by atoms with Crippen LogP contribution in [0.15, 0.2) is 30.3 Å². The minimum atomic E-state index is -3.03. The Morgan fingerprint density at radius 1 is 1.12 bits per heavy atom. The Kier molecular flexibility index (Phi) is 4.86. The van der Waals surface area contributed by atoms with Crippen LogP contribution in [0.25, 0.3) is 0 Å². The van der Waals surface area contributed by atoms with Gasteiger partial charge in [0.05, 0.1) is 16.9 Å². The van der Waals surface area contributed by atoms with Gasteiger partial charge in [-0.1, -0.05) is 36.8 Å². The van der Waals surface area contributed by atoms with Crippen molar-refractivity contribution in [1.82, 2.24) is 10.2 Å². The highest BCUT2D eigenvalue weighted by Crippen LogP contribution is 2.43. The zero-order valence-corrected chi connectivity index (χ0v) is 15.2. The number of amides is 2. The van der Waals surface area contributed by atoms with E-state index in [0.717, 1.165) is 24.8 Å². The molecule has 1 N–H and O–H groups in total. The first-order valence-electron chi connectivity index (χ1n) is 8.70. The van der Waals surface area contributed by atoms with E-state index in [4.69, 9.17) is 0 Å². The van der Waals surface area contributed by atoms with Crippen LogP contribution in [0, 0.1) is 0 Å². The van der Waals surface area contributed by atoms with Gasteiger partial charge in [-0.05, 0) is 25.3 Å². The van der Waals surface area contributed by atoms with Crippen molar-refractivity contribution in [2.45, 2.75) is 37.6 Å². The monoisotopic (exact) mass is 364 g/mol. The molecule has 25 heavy (non-hydrogen) atoms. The summed E-state index contributed by atoms with van der Waals surface area (Å²) in [6.45, 7) is 2.07. The van der Waals surface area contributed by atoms with Crippen molar-refractivity contribution in [2.75, 3.05) is 24.6 Å². The van der Waals surface area contributed by atoms with Crippen LogP contribution in [-0.4, -0.2) is 55.8 Å². The lowest BCUT2D eigenvalue weighted by molar-refractivity contribution is -0.138. The summed E-state index contributed by atoms with van der Waals surface area (Å²) in [5.74, 6) is -0.345. The number of sulfone groups is 1. The molecule has 0 radical (unpaired) electrons. The molecule has 1 aromatic carbocycles. The maximum Gasteiger partial charge on any atom is 0.244 e. The average Bonchev–Trinajstić information content (AvgIpc) is 2.54. The Labute approximate surface area is 148 Å². The fourth-order valence-corrected chi connectivity index (χ4v) is 4.74. The van der Waals surface area contributed by atoms with E-state index in [1.165, 1.54) is 4.90 Å². The second-order valence-electron chi connectivity index (χ2n) is 6.97. The molecule has 1 aromatic rings. The van der Waals surface area contributed by atoms with Crippen molar-refractivity contribution in [3.8, 4) is 0 Å². The van der Waals surface area contributed by atoms with Crippen LogP contribution in [0.3, 0.4) is 0 Å². The summed E-state index contributed by atoms with van der Waals surface area (Å²) < 4.78 is 23.0. The lowest BCUT2D eigenvalue weighted by Crippen LogP contribution is -2.56. The second kappa shape index (κ2) is 6.78. The van der Waals surface area contributed by atoms with Gasteiger partial charge in [-0.25, -0.2) is 8.42 Å². The third kappa shape index (κ3) is 3.56. The van der Waals surface area contributed by atoms with Gasteiger partial charge in [-0.3, -0.25) is 9.59 Å². The molecule has 2 aliphatic rings. The van der Waals surface area contributed by atoms with Crippen molar-refractivity contribution in [2.24, 2.45) is 0 Å². The molecule has 0 spiro atoms. The molecule has 1 atom stereocenters.